The van der Waals surface area contributed by atoms with Gasteiger partial charge >= 0.3 is 11.9 Å². The van der Waals surface area contributed by atoms with Gasteiger partial charge in [0.25, 0.3) is 11.5 Å². The van der Waals surface area contributed by atoms with Crippen LogP contribution in [0.4, 0.5) is 11.4 Å². The molecule has 0 bridgehead atoms. The zero-order valence-electron chi connectivity index (χ0n) is 19.3. The Bertz CT molecular complexity index is 1210. The highest BCUT2D eigenvalue weighted by molar-refractivity contribution is 6.35. The van der Waals surface area contributed by atoms with Gasteiger partial charge in [-0.1, -0.05) is 0 Å². The third kappa shape index (κ3) is 6.34. The Labute approximate surface area is 205 Å². The second-order valence-corrected chi connectivity index (χ2v) is 8.00. The number of nitro benzene ring substituents is 1. The normalized spacial score (nSPS) is 17.6. The second-order valence-electron chi connectivity index (χ2n) is 8.00. The molecule has 2 heterocycles. The van der Waals surface area contributed by atoms with Crippen molar-refractivity contribution in [2.24, 2.45) is 0 Å². The SMILES string of the molecule is CCOC(=O)CC1CCc2cc(N)ccc2O1.O=C(O)C(=O)C1CC(=O)c2cc([N+](=O)[O-])ccc2O1. The molecule has 2 aliphatic heterocycles. The lowest BCUT2D eigenvalue weighted by Crippen LogP contribution is -2.38. The minimum absolute atomic E-state index is 0.0244. The number of benzene rings is 2. The molecule has 12 nitrogen and oxygen atoms in total. The second kappa shape index (κ2) is 11.3. The van der Waals surface area contributed by atoms with Gasteiger partial charge in [-0.3, -0.25) is 24.5 Å². The van der Waals surface area contributed by atoms with E-state index in [4.69, 9.17) is 25.1 Å². The van der Waals surface area contributed by atoms with E-state index in [1.54, 1.807) is 6.92 Å². The van der Waals surface area contributed by atoms with Gasteiger partial charge in [-0.15, -0.1) is 0 Å². The summed E-state index contributed by atoms with van der Waals surface area (Å²) in [5.41, 5.74) is 7.27. The van der Waals surface area contributed by atoms with Crippen LogP contribution in [-0.4, -0.2) is 52.3 Å². The van der Waals surface area contributed by atoms with Gasteiger partial charge in [-0.2, -0.15) is 0 Å². The van der Waals surface area contributed by atoms with Crippen molar-refractivity contribution < 1.29 is 43.4 Å². The fourth-order valence-corrected chi connectivity index (χ4v) is 3.72. The standard InChI is InChI=1S/C13H17NO3.C11H7NO7/c1-2-16-13(15)8-11-5-3-9-7-10(14)4-6-12(9)17-11;13-7-4-9(10(14)11(15)16)19-8-2-1-5(12(17)18)3-6(7)8/h4,6-7,11H,2-3,5,8,14H2,1H3;1-3,9H,4H2,(H,15,16). The number of carboxylic acids is 1. The van der Waals surface area contributed by atoms with Gasteiger partial charge in [0.1, 0.15) is 17.6 Å². The van der Waals surface area contributed by atoms with Crippen LogP contribution in [0, 0.1) is 10.1 Å². The third-order valence-corrected chi connectivity index (χ3v) is 5.43. The number of carbonyl (C=O) groups is 4. The number of aliphatic carboxylic acids is 1. The number of carboxylic acid groups (broad SMARTS) is 1. The number of carbonyl (C=O) groups excluding carboxylic acids is 3. The maximum atomic E-state index is 11.8. The molecule has 2 atom stereocenters. The Kier molecular flexibility index (Phi) is 8.20. The monoisotopic (exact) mass is 500 g/mol. The molecule has 12 heteroatoms. The quantitative estimate of drug-likeness (QED) is 0.195. The maximum Gasteiger partial charge on any atom is 0.376 e. The highest BCUT2D eigenvalue weighted by Crippen LogP contribution is 2.31. The maximum absolute atomic E-state index is 11.8. The Balaban J connectivity index is 0.000000202. The summed E-state index contributed by atoms with van der Waals surface area (Å²) < 4.78 is 15.7. The van der Waals surface area contributed by atoms with E-state index in [1.807, 2.05) is 18.2 Å². The molecule has 0 aliphatic carbocycles. The van der Waals surface area contributed by atoms with Crippen LogP contribution in [0.25, 0.3) is 0 Å². The van der Waals surface area contributed by atoms with Crippen LogP contribution >= 0.6 is 0 Å². The van der Waals surface area contributed by atoms with Crippen molar-refractivity contribution in [2.75, 3.05) is 12.3 Å². The number of aryl methyl sites for hydroxylation is 1. The molecule has 2 aromatic carbocycles. The van der Waals surface area contributed by atoms with Crippen molar-refractivity contribution in [1.29, 1.82) is 0 Å². The van der Waals surface area contributed by atoms with E-state index in [1.165, 1.54) is 6.07 Å². The highest BCUT2D eigenvalue weighted by atomic mass is 16.6. The molecule has 2 aromatic rings. The molecule has 2 aliphatic rings. The predicted molar refractivity (Wildman–Crippen MR) is 124 cm³/mol. The van der Waals surface area contributed by atoms with Crippen molar-refractivity contribution in [3.05, 3.63) is 57.6 Å². The summed E-state index contributed by atoms with van der Waals surface area (Å²) in [6.07, 6.45) is 0.126. The lowest BCUT2D eigenvalue weighted by Gasteiger charge is -2.25. The summed E-state index contributed by atoms with van der Waals surface area (Å²) in [4.78, 5) is 54.8. The molecule has 0 radical (unpaired) electrons. The fourth-order valence-electron chi connectivity index (χ4n) is 3.72. The zero-order chi connectivity index (χ0) is 26.4. The highest BCUT2D eigenvalue weighted by Gasteiger charge is 2.35. The number of nitrogen functional groups attached to an aromatic ring is 1. The van der Waals surface area contributed by atoms with Crippen molar-refractivity contribution >= 4 is 34.9 Å². The van der Waals surface area contributed by atoms with Crippen molar-refractivity contribution in [1.82, 2.24) is 0 Å². The number of rotatable bonds is 6. The number of hydrogen-bond donors (Lipinski definition) is 2. The van der Waals surface area contributed by atoms with Crippen molar-refractivity contribution in [2.45, 2.75) is 44.8 Å². The van der Waals surface area contributed by atoms with Gasteiger partial charge in [0, 0.05) is 17.8 Å². The van der Waals surface area contributed by atoms with E-state index in [0.29, 0.717) is 13.0 Å². The van der Waals surface area contributed by atoms with E-state index in [9.17, 15) is 29.3 Å². The molecule has 0 saturated heterocycles. The average molecular weight is 500 g/mol. The van der Waals surface area contributed by atoms with E-state index >= 15 is 0 Å². The number of non-ortho nitro benzene ring substituents is 1. The van der Waals surface area contributed by atoms with Crippen LogP contribution in [0.5, 0.6) is 11.5 Å². The molecule has 4 rings (SSSR count). The summed E-state index contributed by atoms with van der Waals surface area (Å²) >= 11 is 0. The number of Topliss-reactive ketones (excluding diaryl/α,β-unsaturated/α-hetero) is 2. The topological polar surface area (TPSA) is 185 Å². The van der Waals surface area contributed by atoms with Gasteiger partial charge in [-0.05, 0) is 49.6 Å². The molecule has 36 heavy (non-hydrogen) atoms. The lowest BCUT2D eigenvalue weighted by molar-refractivity contribution is -0.384. The number of nitrogens with two attached hydrogens (primary N) is 1. The van der Waals surface area contributed by atoms with Crippen LogP contribution in [0.1, 0.15) is 42.1 Å². The van der Waals surface area contributed by atoms with Gasteiger partial charge in [0.15, 0.2) is 11.9 Å². The van der Waals surface area contributed by atoms with Gasteiger partial charge < -0.3 is 25.1 Å². The molecule has 0 spiro atoms. The summed E-state index contributed by atoms with van der Waals surface area (Å²) in [6, 6.07) is 8.93. The minimum atomic E-state index is -1.69. The number of nitro groups is 1. The largest absolute Gasteiger partial charge is 0.490 e. The first-order chi connectivity index (χ1) is 17.1. The Morgan fingerprint density at radius 2 is 1.89 bits per heavy atom. The molecular weight excluding hydrogens is 476 g/mol. The summed E-state index contributed by atoms with van der Waals surface area (Å²) in [6.45, 7) is 2.22. The summed E-state index contributed by atoms with van der Waals surface area (Å²) in [7, 11) is 0. The number of ketones is 2. The van der Waals surface area contributed by atoms with Crippen LogP contribution in [0.15, 0.2) is 36.4 Å². The van der Waals surface area contributed by atoms with E-state index in [-0.39, 0.29) is 29.1 Å². The number of hydrogen-bond acceptors (Lipinski definition) is 10. The van der Waals surface area contributed by atoms with Gasteiger partial charge in [-0.25, -0.2) is 4.79 Å². The Hall–Kier alpha value is -4.48. The zero-order valence-corrected chi connectivity index (χ0v) is 19.3. The fraction of sp³-hybridized carbons (Fsp3) is 0.333. The van der Waals surface area contributed by atoms with E-state index < -0.39 is 35.0 Å². The average Bonchev–Trinajstić information content (AvgIpc) is 2.83. The third-order valence-electron chi connectivity index (χ3n) is 5.43. The first kappa shape index (κ1) is 26.1. The van der Waals surface area contributed by atoms with E-state index in [2.05, 4.69) is 0 Å². The predicted octanol–water partition coefficient (Wildman–Crippen LogP) is 2.50. The molecule has 190 valence electrons. The molecular formula is C24H24N2O10. The molecule has 0 saturated carbocycles. The smallest absolute Gasteiger partial charge is 0.376 e. The summed E-state index contributed by atoms with van der Waals surface area (Å²) in [5.74, 6) is -2.87. The Morgan fingerprint density at radius 3 is 2.56 bits per heavy atom. The van der Waals surface area contributed by atoms with E-state index in [0.717, 1.165) is 42.0 Å². The van der Waals surface area contributed by atoms with Crippen LogP contribution < -0.4 is 15.2 Å². The minimum Gasteiger partial charge on any atom is -0.490 e. The number of nitrogens with zero attached hydrogens (tertiary/aromatic N) is 1. The first-order valence-corrected chi connectivity index (χ1v) is 11.0. The lowest BCUT2D eigenvalue weighted by atomic mass is 9.98. The Morgan fingerprint density at radius 1 is 1.17 bits per heavy atom. The molecule has 3 N–H and O–H groups in total. The summed E-state index contributed by atoms with van der Waals surface area (Å²) in [5, 5.41) is 19.1. The number of esters is 1. The van der Waals surface area contributed by atoms with Crippen molar-refractivity contribution in [3.8, 4) is 11.5 Å². The molecule has 0 aromatic heterocycles. The number of fused-ring (bicyclic) bond motifs is 2. The first-order valence-electron chi connectivity index (χ1n) is 11.0. The van der Waals surface area contributed by atoms with Gasteiger partial charge in [0.05, 0.1) is 29.9 Å². The molecule has 2 unspecified atom stereocenters. The number of ether oxygens (including phenoxy) is 3. The molecule has 0 fully saturated rings. The number of anilines is 1. The van der Waals surface area contributed by atoms with Crippen LogP contribution in [-0.2, 0) is 25.5 Å². The molecule has 0 amide bonds. The van der Waals surface area contributed by atoms with Gasteiger partial charge in [0.2, 0.25) is 0 Å². The van der Waals surface area contributed by atoms with Crippen LogP contribution in [0.2, 0.25) is 0 Å². The van der Waals surface area contributed by atoms with Crippen LogP contribution in [0.3, 0.4) is 0 Å². The van der Waals surface area contributed by atoms with Crippen molar-refractivity contribution in [3.63, 3.8) is 0 Å².